The van der Waals surface area contributed by atoms with Crippen LogP contribution in [0.4, 0.5) is 5.69 Å². The molecule has 1 heterocycles. The van der Waals surface area contributed by atoms with Crippen LogP contribution >= 0.6 is 35.4 Å². The molecule has 1 atom stereocenters. The van der Waals surface area contributed by atoms with E-state index >= 15 is 0 Å². The smallest absolute Gasteiger partial charge is 0.255 e. The van der Waals surface area contributed by atoms with Crippen LogP contribution in [0.3, 0.4) is 0 Å². The predicted octanol–water partition coefficient (Wildman–Crippen LogP) is 4.44. The molecular formula is C20H19Cl2N3O3S. The monoisotopic (exact) mass is 451 g/mol. The molecule has 0 bridgehead atoms. The van der Waals surface area contributed by atoms with Crippen molar-refractivity contribution in [2.75, 3.05) is 19.5 Å². The van der Waals surface area contributed by atoms with Crippen molar-refractivity contribution >= 4 is 52.1 Å². The third-order valence-electron chi connectivity index (χ3n) is 4.44. The molecule has 0 fully saturated rings. The lowest BCUT2D eigenvalue weighted by Gasteiger charge is -2.31. The minimum atomic E-state index is -0.544. The molecule has 9 heteroatoms. The van der Waals surface area contributed by atoms with E-state index in [0.29, 0.717) is 49.2 Å². The molecule has 0 radical (unpaired) electrons. The van der Waals surface area contributed by atoms with Crippen LogP contribution in [0, 0.1) is 0 Å². The number of methoxy groups -OCH3 is 2. The highest BCUT2D eigenvalue weighted by atomic mass is 35.5. The summed E-state index contributed by atoms with van der Waals surface area (Å²) >= 11 is 17.7. The first-order valence-electron chi connectivity index (χ1n) is 8.60. The van der Waals surface area contributed by atoms with Crippen LogP contribution in [0.1, 0.15) is 18.5 Å². The third kappa shape index (κ3) is 4.58. The Balaban J connectivity index is 1.98. The van der Waals surface area contributed by atoms with Gasteiger partial charge >= 0.3 is 0 Å². The maximum absolute atomic E-state index is 13.2. The number of ether oxygens (including phenoxy) is 2. The zero-order chi connectivity index (χ0) is 21.1. The van der Waals surface area contributed by atoms with Gasteiger partial charge in [0.2, 0.25) is 0 Å². The van der Waals surface area contributed by atoms with Gasteiger partial charge in [-0.25, -0.2) is 0 Å². The topological polar surface area (TPSA) is 71.6 Å². The number of hydrogen-bond acceptors (Lipinski definition) is 4. The molecule has 0 spiro atoms. The van der Waals surface area contributed by atoms with Crippen LogP contribution in [-0.4, -0.2) is 25.2 Å². The molecular weight excluding hydrogens is 433 g/mol. The number of amides is 1. The van der Waals surface area contributed by atoms with Gasteiger partial charge in [-0.1, -0.05) is 29.3 Å². The van der Waals surface area contributed by atoms with Crippen molar-refractivity contribution in [1.29, 1.82) is 0 Å². The van der Waals surface area contributed by atoms with Crippen LogP contribution in [0.15, 0.2) is 47.7 Å². The molecule has 0 aliphatic carbocycles. The number of anilines is 1. The summed E-state index contributed by atoms with van der Waals surface area (Å²) in [4.78, 5) is 13.2. The van der Waals surface area contributed by atoms with Gasteiger partial charge in [-0.2, -0.15) is 0 Å². The lowest BCUT2D eigenvalue weighted by molar-refractivity contribution is -0.113. The predicted molar refractivity (Wildman–Crippen MR) is 119 cm³/mol. The second kappa shape index (κ2) is 8.90. The fourth-order valence-corrected chi connectivity index (χ4v) is 3.84. The first kappa shape index (κ1) is 21.2. The van der Waals surface area contributed by atoms with Gasteiger partial charge in [-0.3, -0.25) is 4.79 Å². The van der Waals surface area contributed by atoms with Gasteiger partial charge in [0.05, 0.1) is 31.5 Å². The van der Waals surface area contributed by atoms with Crippen molar-refractivity contribution in [2.24, 2.45) is 0 Å². The van der Waals surface area contributed by atoms with Gasteiger partial charge in [0.25, 0.3) is 5.91 Å². The lowest BCUT2D eigenvalue weighted by atomic mass is 9.95. The molecule has 2 aromatic rings. The Labute approximate surface area is 184 Å². The number of halogens is 2. The number of nitrogens with one attached hydrogen (secondary N) is 3. The molecule has 0 saturated carbocycles. The molecule has 0 saturated heterocycles. The minimum Gasteiger partial charge on any atom is -0.497 e. The number of hydrogen-bond donors (Lipinski definition) is 3. The van der Waals surface area contributed by atoms with E-state index in [0.717, 1.165) is 0 Å². The number of benzene rings is 2. The average Bonchev–Trinajstić information content (AvgIpc) is 2.67. The first-order valence-corrected chi connectivity index (χ1v) is 9.77. The van der Waals surface area contributed by atoms with E-state index in [4.69, 9.17) is 44.9 Å². The number of rotatable bonds is 5. The largest absolute Gasteiger partial charge is 0.497 e. The molecule has 1 amide bonds. The van der Waals surface area contributed by atoms with E-state index < -0.39 is 6.04 Å². The van der Waals surface area contributed by atoms with E-state index in [9.17, 15) is 4.79 Å². The summed E-state index contributed by atoms with van der Waals surface area (Å²) in [6.45, 7) is 1.78. The van der Waals surface area contributed by atoms with Gasteiger partial charge in [0, 0.05) is 21.8 Å². The van der Waals surface area contributed by atoms with Gasteiger partial charge in [-0.15, -0.1) is 0 Å². The number of carbonyl (C=O) groups excluding carboxylic acids is 1. The Hall–Kier alpha value is -2.48. The Morgan fingerprint density at radius 1 is 1.14 bits per heavy atom. The van der Waals surface area contributed by atoms with Gasteiger partial charge in [0.15, 0.2) is 5.11 Å². The lowest BCUT2D eigenvalue weighted by Crippen LogP contribution is -2.45. The summed E-state index contributed by atoms with van der Waals surface area (Å²) in [7, 11) is 3.08. The average molecular weight is 452 g/mol. The second-order valence-electron chi connectivity index (χ2n) is 6.26. The summed E-state index contributed by atoms with van der Waals surface area (Å²) in [5, 5.41) is 10.3. The Morgan fingerprint density at radius 2 is 1.90 bits per heavy atom. The molecule has 3 N–H and O–H groups in total. The van der Waals surface area contributed by atoms with Crippen LogP contribution < -0.4 is 25.4 Å². The Morgan fingerprint density at radius 3 is 2.55 bits per heavy atom. The summed E-state index contributed by atoms with van der Waals surface area (Å²) in [6.07, 6.45) is 0. The summed E-state index contributed by atoms with van der Waals surface area (Å²) in [6, 6.07) is 9.71. The first-order chi connectivity index (χ1) is 13.8. The Bertz CT molecular complexity index is 1010. The van der Waals surface area contributed by atoms with Gasteiger partial charge < -0.3 is 25.4 Å². The number of thiocarbonyl (C=S) groups is 1. The molecule has 1 aliphatic heterocycles. The molecule has 152 valence electrons. The van der Waals surface area contributed by atoms with Crippen molar-refractivity contribution in [1.82, 2.24) is 10.6 Å². The van der Waals surface area contributed by atoms with Gasteiger partial charge in [0.1, 0.15) is 11.5 Å². The fourth-order valence-electron chi connectivity index (χ4n) is 3.06. The van der Waals surface area contributed by atoms with Crippen LogP contribution in [0.5, 0.6) is 11.5 Å². The van der Waals surface area contributed by atoms with E-state index in [-0.39, 0.29) is 5.91 Å². The van der Waals surface area contributed by atoms with E-state index in [1.807, 2.05) is 0 Å². The molecule has 3 rings (SSSR count). The molecule has 29 heavy (non-hydrogen) atoms. The normalized spacial score (nSPS) is 16.0. The fraction of sp³-hybridized carbons (Fsp3) is 0.200. The molecule has 2 aromatic carbocycles. The summed E-state index contributed by atoms with van der Waals surface area (Å²) in [5.74, 6) is 0.765. The quantitative estimate of drug-likeness (QED) is 0.583. The highest BCUT2D eigenvalue weighted by Gasteiger charge is 2.31. The summed E-state index contributed by atoms with van der Waals surface area (Å²) in [5.41, 5.74) is 2.26. The molecule has 1 unspecified atom stereocenters. The highest BCUT2D eigenvalue weighted by molar-refractivity contribution is 7.80. The molecule has 0 aromatic heterocycles. The third-order valence-corrected chi connectivity index (χ3v) is 5.23. The van der Waals surface area contributed by atoms with Crippen molar-refractivity contribution in [3.05, 3.63) is 63.3 Å². The summed E-state index contributed by atoms with van der Waals surface area (Å²) < 4.78 is 10.6. The zero-order valence-corrected chi connectivity index (χ0v) is 18.3. The van der Waals surface area contributed by atoms with Crippen molar-refractivity contribution < 1.29 is 14.3 Å². The van der Waals surface area contributed by atoms with E-state index in [1.54, 1.807) is 50.4 Å². The standard InChI is InChI=1S/C20H19Cl2N3O3S/c1-10-17(19(26)24-15-7-5-12(27-2)9-16(15)28-3)18(25-20(29)23-10)13-6-4-11(21)8-14(13)22/h4-9,18H,1-3H3,(H,24,26)(H2,23,25,29). The maximum atomic E-state index is 13.2. The van der Waals surface area contributed by atoms with Crippen LogP contribution in [0.2, 0.25) is 10.0 Å². The van der Waals surface area contributed by atoms with E-state index in [1.165, 1.54) is 7.11 Å². The molecule has 1 aliphatic rings. The zero-order valence-electron chi connectivity index (χ0n) is 15.9. The van der Waals surface area contributed by atoms with Crippen molar-refractivity contribution in [2.45, 2.75) is 13.0 Å². The van der Waals surface area contributed by atoms with Crippen LogP contribution in [-0.2, 0) is 4.79 Å². The maximum Gasteiger partial charge on any atom is 0.255 e. The minimum absolute atomic E-state index is 0.329. The van der Waals surface area contributed by atoms with Crippen molar-refractivity contribution in [3.8, 4) is 11.5 Å². The number of allylic oxidation sites excluding steroid dienone is 1. The highest BCUT2D eigenvalue weighted by Crippen LogP contribution is 2.35. The molecule has 6 nitrogen and oxygen atoms in total. The number of carbonyl (C=O) groups is 1. The van der Waals surface area contributed by atoms with Crippen molar-refractivity contribution in [3.63, 3.8) is 0 Å². The Kier molecular flexibility index (Phi) is 6.52. The van der Waals surface area contributed by atoms with Gasteiger partial charge in [-0.05, 0) is 49.0 Å². The van der Waals surface area contributed by atoms with Crippen LogP contribution in [0.25, 0.3) is 0 Å². The van der Waals surface area contributed by atoms with E-state index in [2.05, 4.69) is 16.0 Å². The second-order valence-corrected chi connectivity index (χ2v) is 7.51. The SMILES string of the molecule is COc1ccc(NC(=O)C2=C(C)NC(=S)NC2c2ccc(Cl)cc2Cl)c(OC)c1.